The Morgan fingerprint density at radius 1 is 0.806 bits per heavy atom. The summed E-state index contributed by atoms with van der Waals surface area (Å²) in [6.45, 7) is 2.04. The lowest BCUT2D eigenvalue weighted by atomic mass is 10.1. The van der Waals surface area contributed by atoms with Crippen LogP contribution >= 0.6 is 7.60 Å². The molecule has 0 heterocycles. The van der Waals surface area contributed by atoms with E-state index in [0.29, 0.717) is 30.1 Å². The highest BCUT2D eigenvalue weighted by Gasteiger charge is 2.20. The van der Waals surface area contributed by atoms with Gasteiger partial charge in [0.25, 0.3) is 0 Å². The van der Waals surface area contributed by atoms with Crippen LogP contribution < -0.4 is 14.8 Å². The van der Waals surface area contributed by atoms with Gasteiger partial charge in [0.1, 0.15) is 17.2 Å². The van der Waals surface area contributed by atoms with E-state index in [2.05, 4.69) is 5.32 Å². The third-order valence-corrected chi connectivity index (χ3v) is 6.46. The standard InChI is InChI=1S/C27H34NO7P/c29-20-24-19-26(11-12-27(24)30)33-17-4-15-28-16-13-23-7-9-25(10-8-23)34-21-36(31,32)35-18-14-22-5-2-1-3-6-22/h1-3,5-12,19,28-30H,4,13-18,20-21H2,(H,31,32). The van der Waals surface area contributed by atoms with Gasteiger partial charge in [0.2, 0.25) is 0 Å². The zero-order valence-electron chi connectivity index (χ0n) is 20.2. The predicted octanol–water partition coefficient (Wildman–Crippen LogP) is 4.27. The number of aliphatic hydroxyl groups excluding tert-OH is 1. The van der Waals surface area contributed by atoms with Gasteiger partial charge in [0.15, 0.2) is 6.35 Å². The third-order valence-electron chi connectivity index (χ3n) is 5.42. The van der Waals surface area contributed by atoms with Crippen molar-refractivity contribution in [3.63, 3.8) is 0 Å². The largest absolute Gasteiger partial charge is 0.508 e. The molecule has 0 aliphatic heterocycles. The van der Waals surface area contributed by atoms with Crippen LogP contribution in [0, 0.1) is 0 Å². The molecule has 0 radical (unpaired) electrons. The molecule has 0 aliphatic rings. The van der Waals surface area contributed by atoms with Gasteiger partial charge in [-0.05, 0) is 73.8 Å². The Balaban J connectivity index is 1.26. The topological polar surface area (TPSA) is 117 Å². The molecule has 3 aromatic carbocycles. The average Bonchev–Trinajstić information content (AvgIpc) is 2.89. The number of benzene rings is 3. The number of phenols is 1. The van der Waals surface area contributed by atoms with E-state index in [4.69, 9.17) is 14.0 Å². The Morgan fingerprint density at radius 3 is 2.28 bits per heavy atom. The first-order chi connectivity index (χ1) is 17.4. The quantitative estimate of drug-likeness (QED) is 0.165. The molecular formula is C27H34NO7P. The van der Waals surface area contributed by atoms with Crippen molar-refractivity contribution in [3.05, 3.63) is 89.5 Å². The van der Waals surface area contributed by atoms with Crippen molar-refractivity contribution in [2.24, 2.45) is 0 Å². The molecule has 4 N–H and O–H groups in total. The summed E-state index contributed by atoms with van der Waals surface area (Å²) in [5.41, 5.74) is 2.61. The third kappa shape index (κ3) is 10.0. The highest BCUT2D eigenvalue weighted by Crippen LogP contribution is 2.41. The monoisotopic (exact) mass is 515 g/mol. The van der Waals surface area contributed by atoms with Crippen LogP contribution in [0.25, 0.3) is 0 Å². The number of ether oxygens (including phenoxy) is 2. The van der Waals surface area contributed by atoms with E-state index in [9.17, 15) is 19.7 Å². The first kappa shape index (κ1) is 27.7. The lowest BCUT2D eigenvalue weighted by Crippen LogP contribution is -2.20. The fourth-order valence-corrected chi connectivity index (χ4v) is 4.18. The number of hydrogen-bond donors (Lipinski definition) is 4. The molecule has 0 bridgehead atoms. The second-order valence-electron chi connectivity index (χ2n) is 8.27. The minimum absolute atomic E-state index is 0.0584. The van der Waals surface area contributed by atoms with E-state index >= 15 is 0 Å². The minimum atomic E-state index is -3.83. The van der Waals surface area contributed by atoms with Crippen LogP contribution in [0.2, 0.25) is 0 Å². The van der Waals surface area contributed by atoms with Crippen LogP contribution in [-0.2, 0) is 28.5 Å². The number of aromatic hydroxyl groups is 1. The maximum absolute atomic E-state index is 12.2. The van der Waals surface area contributed by atoms with Crippen LogP contribution in [-0.4, -0.2) is 47.8 Å². The molecule has 0 aromatic heterocycles. The van der Waals surface area contributed by atoms with E-state index in [1.54, 1.807) is 24.3 Å². The molecule has 0 saturated carbocycles. The molecule has 8 nitrogen and oxygen atoms in total. The highest BCUT2D eigenvalue weighted by atomic mass is 31.2. The zero-order valence-corrected chi connectivity index (χ0v) is 21.1. The summed E-state index contributed by atoms with van der Waals surface area (Å²) in [7, 11) is -3.83. The van der Waals surface area contributed by atoms with Crippen molar-refractivity contribution in [2.45, 2.75) is 25.9 Å². The second-order valence-corrected chi connectivity index (χ2v) is 10.1. The van der Waals surface area contributed by atoms with Crippen LogP contribution in [0.1, 0.15) is 23.1 Å². The molecule has 3 aromatic rings. The lowest BCUT2D eigenvalue weighted by molar-refractivity contribution is 0.233. The van der Waals surface area contributed by atoms with Crippen LogP contribution in [0.3, 0.4) is 0 Å². The molecule has 0 fully saturated rings. The van der Waals surface area contributed by atoms with E-state index in [-0.39, 0.29) is 19.0 Å². The molecule has 1 atom stereocenters. The molecule has 3 rings (SSSR count). The van der Waals surface area contributed by atoms with Crippen molar-refractivity contribution in [1.29, 1.82) is 0 Å². The maximum Gasteiger partial charge on any atom is 0.365 e. The van der Waals surface area contributed by atoms with Crippen LogP contribution in [0.5, 0.6) is 17.2 Å². The van der Waals surface area contributed by atoms with E-state index in [1.165, 1.54) is 6.07 Å². The number of aliphatic hydroxyl groups is 1. The molecule has 0 saturated heterocycles. The van der Waals surface area contributed by atoms with Crippen molar-refractivity contribution in [2.75, 3.05) is 32.7 Å². The molecule has 9 heteroatoms. The van der Waals surface area contributed by atoms with Crippen molar-refractivity contribution in [1.82, 2.24) is 5.32 Å². The molecular weight excluding hydrogens is 481 g/mol. The number of hydrogen-bond acceptors (Lipinski definition) is 7. The smallest absolute Gasteiger partial charge is 0.365 e. The summed E-state index contributed by atoms with van der Waals surface area (Å²) < 4.78 is 28.5. The normalized spacial score (nSPS) is 12.7. The van der Waals surface area contributed by atoms with E-state index < -0.39 is 13.9 Å². The summed E-state index contributed by atoms with van der Waals surface area (Å²) in [5, 5.41) is 22.1. The first-order valence-corrected chi connectivity index (χ1v) is 13.7. The van der Waals surface area contributed by atoms with Gasteiger partial charge in [-0.25, -0.2) is 0 Å². The molecule has 1 unspecified atom stereocenters. The van der Waals surface area contributed by atoms with Gasteiger partial charge in [-0.2, -0.15) is 0 Å². The van der Waals surface area contributed by atoms with Crippen LogP contribution in [0.4, 0.5) is 0 Å². The zero-order chi connectivity index (χ0) is 25.6. The van der Waals surface area contributed by atoms with Gasteiger partial charge in [-0.3, -0.25) is 4.57 Å². The molecule has 0 aliphatic carbocycles. The van der Waals surface area contributed by atoms with Gasteiger partial charge in [-0.15, -0.1) is 0 Å². The van der Waals surface area contributed by atoms with E-state index in [1.807, 2.05) is 42.5 Å². The van der Waals surface area contributed by atoms with Crippen molar-refractivity contribution >= 4 is 7.60 Å². The minimum Gasteiger partial charge on any atom is -0.508 e. The molecule has 0 spiro atoms. The first-order valence-electron chi connectivity index (χ1n) is 11.9. The fraction of sp³-hybridized carbons (Fsp3) is 0.333. The predicted molar refractivity (Wildman–Crippen MR) is 139 cm³/mol. The highest BCUT2D eigenvalue weighted by molar-refractivity contribution is 7.52. The Labute approximate surface area is 212 Å². The summed E-state index contributed by atoms with van der Waals surface area (Å²) in [6, 6.07) is 21.9. The molecule has 194 valence electrons. The summed E-state index contributed by atoms with van der Waals surface area (Å²) in [6.07, 6.45) is 1.82. The average molecular weight is 516 g/mol. The van der Waals surface area contributed by atoms with Crippen LogP contribution in [0.15, 0.2) is 72.8 Å². The summed E-state index contributed by atoms with van der Waals surface area (Å²) in [4.78, 5) is 9.98. The van der Waals surface area contributed by atoms with Crippen molar-refractivity contribution in [3.8, 4) is 17.2 Å². The van der Waals surface area contributed by atoms with Gasteiger partial charge >= 0.3 is 7.60 Å². The fourth-order valence-electron chi connectivity index (χ4n) is 3.42. The Kier molecular flexibility index (Phi) is 11.3. The number of rotatable bonds is 16. The maximum atomic E-state index is 12.2. The van der Waals surface area contributed by atoms with E-state index in [0.717, 1.165) is 37.1 Å². The van der Waals surface area contributed by atoms with Crippen molar-refractivity contribution < 1.29 is 33.7 Å². The molecule has 0 amide bonds. The second kappa shape index (κ2) is 14.6. The van der Waals surface area contributed by atoms with Gasteiger partial charge in [0, 0.05) is 5.56 Å². The lowest BCUT2D eigenvalue weighted by Gasteiger charge is -2.13. The van der Waals surface area contributed by atoms with Gasteiger partial charge < -0.3 is 34.4 Å². The SMILES string of the molecule is O=P(O)(COc1ccc(CCNCCCOc2ccc(O)c(CO)c2)cc1)OCCc1ccccc1. The Hall–Kier alpha value is -2.87. The molecule has 36 heavy (non-hydrogen) atoms. The number of nitrogens with one attached hydrogen (secondary N) is 1. The Bertz CT molecular complexity index is 1090. The summed E-state index contributed by atoms with van der Waals surface area (Å²) in [5.74, 6) is 1.20. The Morgan fingerprint density at radius 2 is 1.53 bits per heavy atom. The van der Waals surface area contributed by atoms with Gasteiger partial charge in [0.05, 0.1) is 19.8 Å². The van der Waals surface area contributed by atoms with Gasteiger partial charge in [-0.1, -0.05) is 42.5 Å². The summed E-state index contributed by atoms with van der Waals surface area (Å²) >= 11 is 0.